The standard InChI is InChI=1S/C15H24N2O/c1-4-10-16-15(18)11-17-12(3)14-8-6-13(5-2)7-9-14/h6-9,12,17H,4-5,10-11H2,1-3H3,(H,16,18). The van der Waals surface area contributed by atoms with Crippen molar-refractivity contribution >= 4 is 5.91 Å². The van der Waals surface area contributed by atoms with Gasteiger partial charge in [0.2, 0.25) is 5.91 Å². The molecular weight excluding hydrogens is 224 g/mol. The topological polar surface area (TPSA) is 41.1 Å². The number of aryl methyl sites for hydroxylation is 1. The van der Waals surface area contributed by atoms with Gasteiger partial charge in [0.05, 0.1) is 6.54 Å². The second kappa shape index (κ2) is 7.88. The van der Waals surface area contributed by atoms with Crippen molar-refractivity contribution in [3.8, 4) is 0 Å². The van der Waals surface area contributed by atoms with Crippen LogP contribution >= 0.6 is 0 Å². The van der Waals surface area contributed by atoms with Crippen LogP contribution in [0.25, 0.3) is 0 Å². The maximum Gasteiger partial charge on any atom is 0.233 e. The number of nitrogens with one attached hydrogen (secondary N) is 2. The molecule has 0 aliphatic rings. The molecule has 0 aliphatic heterocycles. The Labute approximate surface area is 110 Å². The summed E-state index contributed by atoms with van der Waals surface area (Å²) in [5, 5.41) is 6.09. The predicted octanol–water partition coefficient (Wildman–Crippen LogP) is 2.43. The zero-order valence-corrected chi connectivity index (χ0v) is 11.6. The second-order valence-corrected chi connectivity index (χ2v) is 4.55. The summed E-state index contributed by atoms with van der Waals surface area (Å²) >= 11 is 0. The maximum absolute atomic E-state index is 11.5. The van der Waals surface area contributed by atoms with Crippen molar-refractivity contribution < 1.29 is 4.79 Å². The van der Waals surface area contributed by atoms with Crippen LogP contribution in [0.15, 0.2) is 24.3 Å². The molecular formula is C15H24N2O. The van der Waals surface area contributed by atoms with E-state index >= 15 is 0 Å². The Kier molecular flexibility index (Phi) is 6.44. The molecule has 0 aromatic heterocycles. The van der Waals surface area contributed by atoms with Crippen molar-refractivity contribution in [3.63, 3.8) is 0 Å². The average molecular weight is 248 g/mol. The molecule has 0 spiro atoms. The number of benzene rings is 1. The maximum atomic E-state index is 11.5. The van der Waals surface area contributed by atoms with Gasteiger partial charge in [0.15, 0.2) is 0 Å². The molecule has 1 aromatic rings. The zero-order chi connectivity index (χ0) is 13.4. The molecule has 0 saturated heterocycles. The van der Waals surface area contributed by atoms with E-state index in [1.807, 2.05) is 6.92 Å². The Bertz CT molecular complexity index is 359. The summed E-state index contributed by atoms with van der Waals surface area (Å²) in [4.78, 5) is 11.5. The third kappa shape index (κ3) is 4.88. The Hall–Kier alpha value is -1.35. The lowest BCUT2D eigenvalue weighted by atomic mass is 10.1. The van der Waals surface area contributed by atoms with Gasteiger partial charge < -0.3 is 10.6 Å². The van der Waals surface area contributed by atoms with E-state index in [1.165, 1.54) is 11.1 Å². The molecule has 1 amide bonds. The summed E-state index contributed by atoms with van der Waals surface area (Å²) < 4.78 is 0. The van der Waals surface area contributed by atoms with Gasteiger partial charge in [-0.25, -0.2) is 0 Å². The molecule has 1 rings (SSSR count). The number of hydrogen-bond acceptors (Lipinski definition) is 2. The van der Waals surface area contributed by atoms with Crippen LogP contribution in [0.2, 0.25) is 0 Å². The average Bonchev–Trinajstić information content (AvgIpc) is 2.42. The molecule has 0 aliphatic carbocycles. The minimum absolute atomic E-state index is 0.0638. The van der Waals surface area contributed by atoms with Crippen molar-refractivity contribution in [1.29, 1.82) is 0 Å². The Balaban J connectivity index is 2.39. The van der Waals surface area contributed by atoms with E-state index in [9.17, 15) is 4.79 Å². The van der Waals surface area contributed by atoms with Crippen LogP contribution in [0.5, 0.6) is 0 Å². The summed E-state index contributed by atoms with van der Waals surface area (Å²) in [6, 6.07) is 8.74. The lowest BCUT2D eigenvalue weighted by molar-refractivity contribution is -0.120. The van der Waals surface area contributed by atoms with Crippen LogP contribution in [0.4, 0.5) is 0 Å². The van der Waals surface area contributed by atoms with Crippen LogP contribution in [-0.4, -0.2) is 19.0 Å². The normalized spacial score (nSPS) is 12.2. The first-order chi connectivity index (χ1) is 8.67. The number of hydrogen-bond donors (Lipinski definition) is 2. The van der Waals surface area contributed by atoms with Crippen LogP contribution < -0.4 is 10.6 Å². The van der Waals surface area contributed by atoms with E-state index in [1.54, 1.807) is 0 Å². The van der Waals surface area contributed by atoms with E-state index in [4.69, 9.17) is 0 Å². The molecule has 3 heteroatoms. The molecule has 0 heterocycles. The highest BCUT2D eigenvalue weighted by Crippen LogP contribution is 2.13. The highest BCUT2D eigenvalue weighted by molar-refractivity contribution is 5.77. The fraction of sp³-hybridized carbons (Fsp3) is 0.533. The smallest absolute Gasteiger partial charge is 0.233 e. The summed E-state index contributed by atoms with van der Waals surface area (Å²) in [5.74, 6) is 0.0638. The van der Waals surface area contributed by atoms with Gasteiger partial charge in [-0.2, -0.15) is 0 Å². The van der Waals surface area contributed by atoms with E-state index in [2.05, 4.69) is 48.7 Å². The van der Waals surface area contributed by atoms with Crippen LogP contribution in [-0.2, 0) is 11.2 Å². The SMILES string of the molecule is CCCNC(=O)CNC(C)c1ccc(CC)cc1. The number of rotatable bonds is 7. The predicted molar refractivity (Wildman–Crippen MR) is 75.5 cm³/mol. The molecule has 100 valence electrons. The largest absolute Gasteiger partial charge is 0.355 e. The zero-order valence-electron chi connectivity index (χ0n) is 11.6. The Morgan fingerprint density at radius 3 is 2.44 bits per heavy atom. The number of carbonyl (C=O) groups is 1. The third-order valence-corrected chi connectivity index (χ3v) is 3.03. The van der Waals surface area contributed by atoms with Gasteiger partial charge in [0, 0.05) is 12.6 Å². The van der Waals surface area contributed by atoms with Crippen LogP contribution in [0.1, 0.15) is 44.4 Å². The molecule has 1 aromatic carbocycles. The molecule has 0 saturated carbocycles. The molecule has 18 heavy (non-hydrogen) atoms. The Morgan fingerprint density at radius 1 is 1.22 bits per heavy atom. The first-order valence-corrected chi connectivity index (χ1v) is 6.76. The van der Waals surface area contributed by atoms with E-state index in [0.717, 1.165) is 19.4 Å². The van der Waals surface area contributed by atoms with Crippen molar-refractivity contribution in [2.45, 2.75) is 39.7 Å². The third-order valence-electron chi connectivity index (χ3n) is 3.03. The van der Waals surface area contributed by atoms with Crippen molar-refractivity contribution in [1.82, 2.24) is 10.6 Å². The molecule has 1 unspecified atom stereocenters. The highest BCUT2D eigenvalue weighted by Gasteiger charge is 2.06. The first kappa shape index (κ1) is 14.7. The van der Waals surface area contributed by atoms with Gasteiger partial charge in [0.25, 0.3) is 0 Å². The summed E-state index contributed by atoms with van der Waals surface area (Å²) in [7, 11) is 0. The van der Waals surface area contributed by atoms with Gasteiger partial charge in [-0.15, -0.1) is 0 Å². The van der Waals surface area contributed by atoms with Crippen molar-refractivity contribution in [2.24, 2.45) is 0 Å². The lowest BCUT2D eigenvalue weighted by Gasteiger charge is -2.14. The number of amides is 1. The number of carbonyl (C=O) groups excluding carboxylic acids is 1. The van der Waals surface area contributed by atoms with Gasteiger partial charge in [-0.05, 0) is 30.9 Å². The fourth-order valence-electron chi connectivity index (χ4n) is 1.73. The minimum Gasteiger partial charge on any atom is -0.355 e. The van der Waals surface area contributed by atoms with Gasteiger partial charge >= 0.3 is 0 Å². The van der Waals surface area contributed by atoms with Crippen LogP contribution in [0.3, 0.4) is 0 Å². The van der Waals surface area contributed by atoms with Gasteiger partial charge in [-0.1, -0.05) is 38.1 Å². The van der Waals surface area contributed by atoms with Crippen molar-refractivity contribution in [3.05, 3.63) is 35.4 Å². The minimum atomic E-state index is 0.0638. The van der Waals surface area contributed by atoms with E-state index in [0.29, 0.717) is 6.54 Å². The molecule has 2 N–H and O–H groups in total. The first-order valence-electron chi connectivity index (χ1n) is 6.76. The van der Waals surface area contributed by atoms with Crippen molar-refractivity contribution in [2.75, 3.05) is 13.1 Å². The molecule has 0 bridgehead atoms. The van der Waals surface area contributed by atoms with E-state index < -0.39 is 0 Å². The molecule has 0 fully saturated rings. The summed E-state index contributed by atoms with van der Waals surface area (Å²) in [6.07, 6.45) is 2.03. The lowest BCUT2D eigenvalue weighted by Crippen LogP contribution is -2.35. The van der Waals surface area contributed by atoms with E-state index in [-0.39, 0.29) is 11.9 Å². The van der Waals surface area contributed by atoms with Crippen LogP contribution in [0, 0.1) is 0 Å². The fourth-order valence-corrected chi connectivity index (χ4v) is 1.73. The highest BCUT2D eigenvalue weighted by atomic mass is 16.1. The molecule has 3 nitrogen and oxygen atoms in total. The molecule has 1 atom stereocenters. The molecule has 0 radical (unpaired) electrons. The summed E-state index contributed by atoms with van der Waals surface area (Å²) in [5.41, 5.74) is 2.56. The Morgan fingerprint density at radius 2 is 1.89 bits per heavy atom. The summed E-state index contributed by atoms with van der Waals surface area (Å²) in [6.45, 7) is 7.39. The van der Waals surface area contributed by atoms with Gasteiger partial charge in [0.1, 0.15) is 0 Å². The second-order valence-electron chi connectivity index (χ2n) is 4.55. The monoisotopic (exact) mass is 248 g/mol. The quantitative estimate of drug-likeness (QED) is 0.778. The van der Waals surface area contributed by atoms with Gasteiger partial charge in [-0.3, -0.25) is 4.79 Å².